The van der Waals surface area contributed by atoms with Gasteiger partial charge in [-0.3, -0.25) is 10.7 Å². The van der Waals surface area contributed by atoms with Crippen molar-refractivity contribution in [3.63, 3.8) is 0 Å². The van der Waals surface area contributed by atoms with E-state index >= 15 is 0 Å². The predicted octanol–water partition coefficient (Wildman–Crippen LogP) is 2.22. The first-order chi connectivity index (χ1) is 15.9. The van der Waals surface area contributed by atoms with Gasteiger partial charge in [0.25, 0.3) is 0 Å². The van der Waals surface area contributed by atoms with Gasteiger partial charge >= 0.3 is 11.6 Å². The van der Waals surface area contributed by atoms with Crippen molar-refractivity contribution in [2.75, 3.05) is 5.73 Å². The summed E-state index contributed by atoms with van der Waals surface area (Å²) in [6.45, 7) is 3.79. The highest BCUT2D eigenvalue weighted by atomic mass is 19.1. The van der Waals surface area contributed by atoms with Crippen LogP contribution in [0, 0.1) is 19.7 Å². The van der Waals surface area contributed by atoms with Crippen LogP contribution in [0.3, 0.4) is 0 Å². The Morgan fingerprint density at radius 3 is 2.36 bits per heavy atom. The molecule has 0 amide bonds. The van der Waals surface area contributed by atoms with E-state index in [0.717, 1.165) is 40.6 Å². The molecule has 0 aliphatic rings. The summed E-state index contributed by atoms with van der Waals surface area (Å²) in [5, 5.41) is 4.59. The molecule has 5 rings (SSSR count). The third-order valence-corrected chi connectivity index (χ3v) is 5.20. The van der Waals surface area contributed by atoms with Crippen molar-refractivity contribution in [1.82, 2.24) is 29.1 Å². The van der Waals surface area contributed by atoms with E-state index in [1.807, 2.05) is 56.3 Å². The van der Waals surface area contributed by atoms with Crippen molar-refractivity contribution in [3.05, 3.63) is 88.4 Å². The van der Waals surface area contributed by atoms with E-state index in [1.165, 1.54) is 9.08 Å². The lowest BCUT2D eigenvalue weighted by atomic mass is 9.99. The van der Waals surface area contributed by atoms with Gasteiger partial charge in [0.15, 0.2) is 5.82 Å². The van der Waals surface area contributed by atoms with Crippen LogP contribution < -0.4 is 16.4 Å². The number of aromatic nitrogens is 7. The van der Waals surface area contributed by atoms with Gasteiger partial charge in [0.2, 0.25) is 5.65 Å². The van der Waals surface area contributed by atoms with E-state index in [4.69, 9.17) is 5.73 Å². The maximum absolute atomic E-state index is 13.2. The number of rotatable bonds is 4. The van der Waals surface area contributed by atoms with Gasteiger partial charge in [-0.25, -0.2) is 24.1 Å². The van der Waals surface area contributed by atoms with Crippen molar-refractivity contribution in [1.29, 1.82) is 0 Å². The number of H-pyrrole nitrogens is 1. The first-order valence-corrected chi connectivity index (χ1v) is 10.2. The fraction of sp³-hybridized carbons (Fsp3) is 0.130. The van der Waals surface area contributed by atoms with Crippen molar-refractivity contribution in [2.24, 2.45) is 0 Å². The second-order valence-corrected chi connectivity index (χ2v) is 7.68. The third-order valence-electron chi connectivity index (χ3n) is 5.20. The molecule has 0 aliphatic heterocycles. The van der Waals surface area contributed by atoms with Gasteiger partial charge in [0, 0.05) is 17.0 Å². The SMILES string of the molecule is Cc1cc(-c2c(-c3ccccc3)[nH+]c(N)n3c(=O)n(Cc4ncc(F)cn4)nc23)cc(C)n1. The summed E-state index contributed by atoms with van der Waals surface area (Å²) < 4.78 is 15.7. The first-order valence-electron chi connectivity index (χ1n) is 10.2. The lowest BCUT2D eigenvalue weighted by Crippen LogP contribution is -2.28. The Hall–Kier alpha value is -4.47. The molecule has 1 aromatic carbocycles. The molecule has 0 fully saturated rings. The molecule has 0 atom stereocenters. The fourth-order valence-corrected chi connectivity index (χ4v) is 3.88. The minimum Gasteiger partial charge on any atom is -0.290 e. The van der Waals surface area contributed by atoms with Crippen LogP contribution >= 0.6 is 0 Å². The van der Waals surface area contributed by atoms with Crippen molar-refractivity contribution < 1.29 is 9.37 Å². The van der Waals surface area contributed by atoms with Crippen LogP contribution in [-0.4, -0.2) is 29.1 Å². The highest BCUT2D eigenvalue weighted by molar-refractivity contribution is 5.88. The third kappa shape index (κ3) is 3.71. The number of hydrogen-bond acceptors (Lipinski definition) is 6. The second-order valence-electron chi connectivity index (χ2n) is 7.68. The maximum Gasteiger partial charge on any atom is 0.411 e. The minimum atomic E-state index is -0.557. The Labute approximate surface area is 187 Å². The lowest BCUT2D eigenvalue weighted by Gasteiger charge is -2.10. The molecule has 4 heterocycles. The van der Waals surface area contributed by atoms with Gasteiger partial charge in [-0.05, 0) is 31.5 Å². The molecule has 0 aliphatic carbocycles. The number of nitrogens with zero attached hydrogens (tertiary/aromatic N) is 6. The van der Waals surface area contributed by atoms with E-state index in [2.05, 4.69) is 25.0 Å². The number of fused-ring (bicyclic) bond motifs is 1. The van der Waals surface area contributed by atoms with E-state index in [9.17, 15) is 9.18 Å². The number of aromatic amines is 1. The molecule has 10 heteroatoms. The van der Waals surface area contributed by atoms with Crippen molar-refractivity contribution >= 4 is 11.6 Å². The Bertz CT molecular complexity index is 1520. The molecule has 0 radical (unpaired) electrons. The molecular formula is C23H20FN8O+. The summed E-state index contributed by atoms with van der Waals surface area (Å²) >= 11 is 0. The molecule has 4 aromatic heterocycles. The molecule has 9 nitrogen and oxygen atoms in total. The largest absolute Gasteiger partial charge is 0.411 e. The Morgan fingerprint density at radius 1 is 1.03 bits per heavy atom. The zero-order chi connectivity index (χ0) is 23.1. The lowest BCUT2D eigenvalue weighted by molar-refractivity contribution is -0.351. The number of hydrogen-bond donors (Lipinski definition) is 1. The summed E-state index contributed by atoms with van der Waals surface area (Å²) in [5.74, 6) is -0.172. The first kappa shape index (κ1) is 20.4. The summed E-state index contributed by atoms with van der Waals surface area (Å²) in [6, 6.07) is 13.5. The Kier molecular flexibility index (Phi) is 4.89. The van der Waals surface area contributed by atoms with Gasteiger partial charge < -0.3 is 0 Å². The number of aryl methyl sites for hydroxylation is 2. The second kappa shape index (κ2) is 7.90. The smallest absolute Gasteiger partial charge is 0.290 e. The highest BCUT2D eigenvalue weighted by Gasteiger charge is 2.26. The minimum absolute atomic E-state index is 0.0330. The maximum atomic E-state index is 13.2. The molecule has 0 saturated carbocycles. The number of nitrogen functional groups attached to an aromatic ring is 1. The van der Waals surface area contributed by atoms with Gasteiger partial charge in [-0.15, -0.1) is 9.50 Å². The van der Waals surface area contributed by atoms with Crippen LogP contribution in [0.15, 0.2) is 59.7 Å². The molecule has 0 bridgehead atoms. The molecule has 0 saturated heterocycles. The zero-order valence-electron chi connectivity index (χ0n) is 18.0. The summed E-state index contributed by atoms with van der Waals surface area (Å²) in [7, 11) is 0. The number of anilines is 1. The van der Waals surface area contributed by atoms with Gasteiger partial charge in [-0.1, -0.05) is 30.3 Å². The molecular weight excluding hydrogens is 423 g/mol. The monoisotopic (exact) mass is 443 g/mol. The number of halogens is 1. The van der Waals surface area contributed by atoms with Crippen LogP contribution in [0.1, 0.15) is 17.2 Å². The Balaban J connectivity index is 1.81. The van der Waals surface area contributed by atoms with E-state index in [-0.39, 0.29) is 18.3 Å². The van der Waals surface area contributed by atoms with Crippen LogP contribution in [0.25, 0.3) is 28.0 Å². The molecule has 0 spiro atoms. The topological polar surface area (TPSA) is 118 Å². The van der Waals surface area contributed by atoms with E-state index in [0.29, 0.717) is 11.2 Å². The van der Waals surface area contributed by atoms with Gasteiger partial charge in [0.05, 0.1) is 18.0 Å². The molecule has 3 N–H and O–H groups in total. The van der Waals surface area contributed by atoms with Crippen LogP contribution in [0.2, 0.25) is 0 Å². The highest BCUT2D eigenvalue weighted by Crippen LogP contribution is 2.32. The zero-order valence-corrected chi connectivity index (χ0v) is 18.0. The number of nitrogens with two attached hydrogens (primary N) is 1. The average molecular weight is 443 g/mol. The summed E-state index contributed by atoms with van der Waals surface area (Å²) in [6.07, 6.45) is 2.10. The van der Waals surface area contributed by atoms with Crippen LogP contribution in [0.4, 0.5) is 10.3 Å². The molecule has 33 heavy (non-hydrogen) atoms. The van der Waals surface area contributed by atoms with Crippen LogP contribution in [-0.2, 0) is 6.54 Å². The van der Waals surface area contributed by atoms with Gasteiger partial charge in [-0.2, -0.15) is 4.68 Å². The Morgan fingerprint density at radius 2 is 1.70 bits per heavy atom. The number of pyridine rings is 1. The summed E-state index contributed by atoms with van der Waals surface area (Å²) in [5.41, 5.74) is 11.0. The van der Waals surface area contributed by atoms with E-state index in [1.54, 1.807) is 0 Å². The number of benzene rings is 1. The van der Waals surface area contributed by atoms with Gasteiger partial charge in [0.1, 0.15) is 18.1 Å². The predicted molar refractivity (Wildman–Crippen MR) is 120 cm³/mol. The average Bonchev–Trinajstić information content (AvgIpc) is 3.11. The molecule has 0 unspecified atom stereocenters. The van der Waals surface area contributed by atoms with Crippen LogP contribution in [0.5, 0.6) is 0 Å². The summed E-state index contributed by atoms with van der Waals surface area (Å²) in [4.78, 5) is 28.7. The quantitative estimate of drug-likeness (QED) is 0.455. The standard InChI is InChI=1S/C23H19FN8O/c1-13-8-16(9-14(2)28-13)19-20(15-6-4-3-5-7-15)29-22(25)32-21(19)30-31(23(32)33)12-18-26-10-17(24)11-27-18/h3-11H,12H2,1-2H3,(H2,25,29)/p+1. The molecule has 164 valence electrons. The van der Waals surface area contributed by atoms with Crippen molar-refractivity contribution in [2.45, 2.75) is 20.4 Å². The number of nitrogens with one attached hydrogen (secondary N) is 1. The molecule has 5 aromatic rings. The van der Waals surface area contributed by atoms with E-state index < -0.39 is 11.5 Å². The normalized spacial score (nSPS) is 11.2. The van der Waals surface area contributed by atoms with Crippen molar-refractivity contribution in [3.8, 4) is 22.4 Å². The fourth-order valence-electron chi connectivity index (χ4n) is 3.88.